The van der Waals surface area contributed by atoms with Gasteiger partial charge in [-0.2, -0.15) is 5.10 Å². The molecular formula is C9H16N4O2. The Balaban J connectivity index is 2.53. The van der Waals surface area contributed by atoms with E-state index in [0.29, 0.717) is 5.56 Å². The first-order valence-corrected chi connectivity index (χ1v) is 4.70. The number of carbonyl (C=O) groups excluding carboxylic acids is 1. The SMILES string of the molecule is CC(O)CNC(=O)C(N)c1cnn(C)c1. The van der Waals surface area contributed by atoms with Gasteiger partial charge in [0.2, 0.25) is 5.91 Å². The molecule has 0 aliphatic heterocycles. The fraction of sp³-hybridized carbons (Fsp3) is 0.556. The van der Waals surface area contributed by atoms with Crippen LogP contribution in [0.15, 0.2) is 12.4 Å². The van der Waals surface area contributed by atoms with Crippen LogP contribution in [0.4, 0.5) is 0 Å². The van der Waals surface area contributed by atoms with E-state index in [-0.39, 0.29) is 12.5 Å². The fourth-order valence-corrected chi connectivity index (χ4v) is 1.11. The Kier molecular flexibility index (Phi) is 3.81. The van der Waals surface area contributed by atoms with Gasteiger partial charge in [0, 0.05) is 25.4 Å². The van der Waals surface area contributed by atoms with E-state index in [1.165, 1.54) is 0 Å². The van der Waals surface area contributed by atoms with Crippen LogP contribution < -0.4 is 11.1 Å². The molecule has 0 saturated heterocycles. The van der Waals surface area contributed by atoms with Crippen LogP contribution in [0.5, 0.6) is 0 Å². The predicted molar refractivity (Wildman–Crippen MR) is 54.8 cm³/mol. The molecule has 0 saturated carbocycles. The van der Waals surface area contributed by atoms with Crippen molar-refractivity contribution in [1.29, 1.82) is 0 Å². The number of aryl methyl sites for hydroxylation is 1. The van der Waals surface area contributed by atoms with Crippen LogP contribution in [-0.4, -0.2) is 33.4 Å². The number of aliphatic hydroxyl groups excluding tert-OH is 1. The third kappa shape index (κ3) is 3.34. The molecule has 1 aromatic heterocycles. The summed E-state index contributed by atoms with van der Waals surface area (Å²) in [7, 11) is 1.75. The van der Waals surface area contributed by atoms with Crippen molar-refractivity contribution in [2.24, 2.45) is 12.8 Å². The highest BCUT2D eigenvalue weighted by atomic mass is 16.3. The molecule has 6 nitrogen and oxygen atoms in total. The number of nitrogens with zero attached hydrogens (tertiary/aromatic N) is 2. The van der Waals surface area contributed by atoms with Gasteiger partial charge in [0.05, 0.1) is 12.3 Å². The molecule has 6 heteroatoms. The van der Waals surface area contributed by atoms with Crippen LogP contribution in [0.25, 0.3) is 0 Å². The van der Waals surface area contributed by atoms with E-state index in [9.17, 15) is 4.79 Å². The summed E-state index contributed by atoms with van der Waals surface area (Å²) in [5.74, 6) is -0.316. The topological polar surface area (TPSA) is 93.2 Å². The van der Waals surface area contributed by atoms with Crippen molar-refractivity contribution in [3.8, 4) is 0 Å². The average Bonchev–Trinajstić information content (AvgIpc) is 2.60. The summed E-state index contributed by atoms with van der Waals surface area (Å²) in [5, 5.41) is 15.4. The molecule has 0 aliphatic rings. The maximum absolute atomic E-state index is 11.5. The number of amides is 1. The average molecular weight is 212 g/mol. The number of carbonyl (C=O) groups is 1. The van der Waals surface area contributed by atoms with Crippen LogP contribution >= 0.6 is 0 Å². The van der Waals surface area contributed by atoms with Gasteiger partial charge in [-0.25, -0.2) is 0 Å². The highest BCUT2D eigenvalue weighted by Gasteiger charge is 2.16. The van der Waals surface area contributed by atoms with Crippen LogP contribution in [0.2, 0.25) is 0 Å². The molecule has 1 rings (SSSR count). The first-order chi connectivity index (χ1) is 7.00. The number of hydrogen-bond donors (Lipinski definition) is 3. The minimum absolute atomic E-state index is 0.201. The molecule has 84 valence electrons. The smallest absolute Gasteiger partial charge is 0.241 e. The first-order valence-electron chi connectivity index (χ1n) is 4.70. The molecule has 0 fully saturated rings. The lowest BCUT2D eigenvalue weighted by molar-refractivity contribution is -0.122. The standard InChI is InChI=1S/C9H16N4O2/c1-6(14)3-11-9(15)8(10)7-4-12-13(2)5-7/h4-6,8,14H,3,10H2,1-2H3,(H,11,15). The summed E-state index contributed by atoms with van der Waals surface area (Å²) >= 11 is 0. The minimum atomic E-state index is -0.738. The lowest BCUT2D eigenvalue weighted by atomic mass is 10.1. The van der Waals surface area contributed by atoms with Gasteiger partial charge in [0.25, 0.3) is 0 Å². The molecule has 1 amide bonds. The normalized spacial score (nSPS) is 14.7. The van der Waals surface area contributed by atoms with Crippen LogP contribution in [-0.2, 0) is 11.8 Å². The van der Waals surface area contributed by atoms with E-state index < -0.39 is 12.1 Å². The predicted octanol–water partition coefficient (Wildman–Crippen LogP) is -1.08. The van der Waals surface area contributed by atoms with Gasteiger partial charge >= 0.3 is 0 Å². The Labute approximate surface area is 88.1 Å². The Morgan fingerprint density at radius 1 is 1.80 bits per heavy atom. The molecule has 1 heterocycles. The third-order valence-corrected chi connectivity index (χ3v) is 1.94. The number of rotatable bonds is 4. The van der Waals surface area contributed by atoms with Crippen molar-refractivity contribution >= 4 is 5.91 Å². The van der Waals surface area contributed by atoms with Crippen molar-refractivity contribution in [2.45, 2.75) is 19.1 Å². The molecule has 0 bridgehead atoms. The number of aliphatic hydroxyl groups is 1. The van der Waals surface area contributed by atoms with Gasteiger partial charge in [0.1, 0.15) is 6.04 Å². The summed E-state index contributed by atoms with van der Waals surface area (Å²) in [6.07, 6.45) is 2.66. The van der Waals surface area contributed by atoms with E-state index in [1.54, 1.807) is 31.0 Å². The van der Waals surface area contributed by atoms with E-state index >= 15 is 0 Å². The van der Waals surface area contributed by atoms with E-state index in [0.717, 1.165) is 0 Å². The molecule has 2 atom stereocenters. The van der Waals surface area contributed by atoms with Crippen molar-refractivity contribution in [2.75, 3.05) is 6.54 Å². The first kappa shape index (κ1) is 11.7. The van der Waals surface area contributed by atoms with Crippen LogP contribution in [0, 0.1) is 0 Å². The van der Waals surface area contributed by atoms with Crippen molar-refractivity contribution in [1.82, 2.24) is 15.1 Å². The minimum Gasteiger partial charge on any atom is -0.392 e. The fourth-order valence-electron chi connectivity index (χ4n) is 1.11. The summed E-state index contributed by atoms with van der Waals surface area (Å²) < 4.78 is 1.58. The molecule has 0 aliphatic carbocycles. The monoisotopic (exact) mass is 212 g/mol. The van der Waals surface area contributed by atoms with Gasteiger partial charge in [-0.3, -0.25) is 9.48 Å². The summed E-state index contributed by atoms with van der Waals surface area (Å²) in [5.41, 5.74) is 6.34. The zero-order chi connectivity index (χ0) is 11.4. The maximum Gasteiger partial charge on any atom is 0.241 e. The van der Waals surface area contributed by atoms with Gasteiger partial charge in [-0.15, -0.1) is 0 Å². The zero-order valence-electron chi connectivity index (χ0n) is 8.84. The van der Waals surface area contributed by atoms with Crippen LogP contribution in [0.3, 0.4) is 0 Å². The van der Waals surface area contributed by atoms with Gasteiger partial charge in [0.15, 0.2) is 0 Å². The number of aromatic nitrogens is 2. The Morgan fingerprint density at radius 3 is 2.93 bits per heavy atom. The summed E-state index contributed by atoms with van der Waals surface area (Å²) in [6.45, 7) is 1.79. The third-order valence-electron chi connectivity index (χ3n) is 1.94. The number of hydrogen-bond acceptors (Lipinski definition) is 4. The van der Waals surface area contributed by atoms with Gasteiger partial charge in [-0.05, 0) is 6.92 Å². The van der Waals surface area contributed by atoms with Crippen molar-refractivity contribution in [3.63, 3.8) is 0 Å². The molecule has 0 aromatic carbocycles. The quantitative estimate of drug-likeness (QED) is 0.591. The molecule has 15 heavy (non-hydrogen) atoms. The Bertz CT molecular complexity index is 335. The van der Waals surface area contributed by atoms with Crippen LogP contribution in [0.1, 0.15) is 18.5 Å². The molecule has 0 spiro atoms. The molecular weight excluding hydrogens is 196 g/mol. The van der Waals surface area contributed by atoms with E-state index in [1.807, 2.05) is 0 Å². The highest BCUT2D eigenvalue weighted by Crippen LogP contribution is 2.07. The molecule has 2 unspecified atom stereocenters. The second kappa shape index (κ2) is 4.90. The second-order valence-corrected chi connectivity index (χ2v) is 3.52. The lowest BCUT2D eigenvalue weighted by Crippen LogP contribution is -2.37. The molecule has 4 N–H and O–H groups in total. The van der Waals surface area contributed by atoms with Gasteiger partial charge in [-0.1, -0.05) is 0 Å². The Morgan fingerprint density at radius 2 is 2.47 bits per heavy atom. The highest BCUT2D eigenvalue weighted by molar-refractivity contribution is 5.82. The lowest BCUT2D eigenvalue weighted by Gasteiger charge is -2.11. The largest absolute Gasteiger partial charge is 0.392 e. The van der Waals surface area contributed by atoms with E-state index in [2.05, 4.69) is 10.4 Å². The van der Waals surface area contributed by atoms with Crippen molar-refractivity contribution < 1.29 is 9.90 Å². The van der Waals surface area contributed by atoms with Crippen molar-refractivity contribution in [3.05, 3.63) is 18.0 Å². The van der Waals surface area contributed by atoms with Gasteiger partial charge < -0.3 is 16.2 Å². The zero-order valence-corrected chi connectivity index (χ0v) is 8.84. The van der Waals surface area contributed by atoms with E-state index in [4.69, 9.17) is 10.8 Å². The number of nitrogens with one attached hydrogen (secondary N) is 1. The second-order valence-electron chi connectivity index (χ2n) is 3.52. The molecule has 1 aromatic rings. The number of nitrogens with two attached hydrogens (primary N) is 1. The Hall–Kier alpha value is -1.40. The molecule has 0 radical (unpaired) electrons. The maximum atomic E-state index is 11.5. The summed E-state index contributed by atoms with van der Waals surface area (Å²) in [4.78, 5) is 11.5. The summed E-state index contributed by atoms with van der Waals surface area (Å²) in [6, 6.07) is -0.738.